The zero-order valence-corrected chi connectivity index (χ0v) is 14.4. The van der Waals surface area contributed by atoms with Crippen molar-refractivity contribution in [3.63, 3.8) is 0 Å². The molecule has 2 fully saturated rings. The Bertz CT molecular complexity index is 579. The van der Waals surface area contributed by atoms with Crippen molar-refractivity contribution in [2.75, 3.05) is 31.5 Å². The van der Waals surface area contributed by atoms with E-state index in [4.69, 9.17) is 0 Å². The first-order valence-electron chi connectivity index (χ1n) is 8.96. The van der Waals surface area contributed by atoms with Gasteiger partial charge in [-0.1, -0.05) is 6.42 Å². The molecule has 1 N–H and O–H groups in total. The molecule has 1 unspecified atom stereocenters. The van der Waals surface area contributed by atoms with Gasteiger partial charge < -0.3 is 10.2 Å². The minimum absolute atomic E-state index is 0.0193. The molecule has 2 saturated heterocycles. The van der Waals surface area contributed by atoms with E-state index >= 15 is 0 Å². The maximum absolute atomic E-state index is 12.2. The number of carbonyl (C=O) groups is 2. The Morgan fingerprint density at radius 2 is 1.92 bits per heavy atom. The Hall–Kier alpha value is -1.89. The quantitative estimate of drug-likeness (QED) is 0.882. The van der Waals surface area contributed by atoms with Gasteiger partial charge in [0.05, 0.1) is 18.4 Å². The molecule has 0 aromatic carbocycles. The molecule has 1 atom stereocenters. The molecule has 2 amide bonds. The Labute approximate surface area is 143 Å². The van der Waals surface area contributed by atoms with Crippen LogP contribution in [-0.2, 0) is 16.1 Å². The topological polar surface area (TPSA) is 70.5 Å². The Morgan fingerprint density at radius 1 is 1.17 bits per heavy atom. The predicted molar refractivity (Wildman–Crippen MR) is 91.6 cm³/mol. The van der Waals surface area contributed by atoms with E-state index in [1.165, 1.54) is 6.42 Å². The highest BCUT2D eigenvalue weighted by atomic mass is 16.2. The number of aromatic nitrogens is 2. The molecule has 7 heteroatoms. The minimum Gasteiger partial charge on any atom is -0.341 e. The zero-order valence-electron chi connectivity index (χ0n) is 14.4. The lowest BCUT2D eigenvalue weighted by Gasteiger charge is -2.32. The maximum Gasteiger partial charge on any atom is 0.244 e. The van der Waals surface area contributed by atoms with Crippen molar-refractivity contribution in [1.82, 2.24) is 19.6 Å². The Morgan fingerprint density at radius 3 is 2.67 bits per heavy atom. The minimum atomic E-state index is -0.0193. The number of rotatable bonds is 5. The lowest BCUT2D eigenvalue weighted by Crippen LogP contribution is -2.42. The van der Waals surface area contributed by atoms with Crippen molar-refractivity contribution < 1.29 is 9.59 Å². The molecule has 2 aliphatic rings. The average Bonchev–Trinajstić information content (AvgIpc) is 3.21. The van der Waals surface area contributed by atoms with Gasteiger partial charge in [0, 0.05) is 25.3 Å². The molecule has 132 valence electrons. The third-order valence-electron chi connectivity index (χ3n) is 4.96. The van der Waals surface area contributed by atoms with Gasteiger partial charge in [-0.25, -0.2) is 0 Å². The van der Waals surface area contributed by atoms with Gasteiger partial charge in [0.25, 0.3) is 0 Å². The molecule has 0 radical (unpaired) electrons. The molecule has 2 aliphatic heterocycles. The van der Waals surface area contributed by atoms with E-state index in [9.17, 15) is 9.59 Å². The van der Waals surface area contributed by atoms with Crippen LogP contribution in [0.5, 0.6) is 0 Å². The van der Waals surface area contributed by atoms with Crippen molar-refractivity contribution in [2.45, 2.75) is 51.6 Å². The van der Waals surface area contributed by atoms with E-state index in [1.807, 2.05) is 4.90 Å². The molecule has 3 heterocycles. The van der Waals surface area contributed by atoms with E-state index in [0.717, 1.165) is 45.3 Å². The maximum atomic E-state index is 12.2. The van der Waals surface area contributed by atoms with Crippen LogP contribution < -0.4 is 5.32 Å². The molecular weight excluding hydrogens is 306 g/mol. The van der Waals surface area contributed by atoms with Gasteiger partial charge in [-0.05, 0) is 39.2 Å². The third-order valence-corrected chi connectivity index (χ3v) is 4.96. The van der Waals surface area contributed by atoms with Crippen molar-refractivity contribution in [1.29, 1.82) is 0 Å². The van der Waals surface area contributed by atoms with Crippen LogP contribution in [0, 0.1) is 0 Å². The highest BCUT2D eigenvalue weighted by Crippen LogP contribution is 2.16. The highest BCUT2D eigenvalue weighted by molar-refractivity contribution is 5.92. The molecule has 1 aromatic rings. The number of carbonyl (C=O) groups excluding carboxylic acids is 2. The van der Waals surface area contributed by atoms with Crippen LogP contribution in [-0.4, -0.2) is 63.6 Å². The van der Waals surface area contributed by atoms with Crippen LogP contribution in [0.25, 0.3) is 0 Å². The van der Waals surface area contributed by atoms with Crippen LogP contribution in [0.1, 0.15) is 39.0 Å². The summed E-state index contributed by atoms with van der Waals surface area (Å²) in [7, 11) is 0. The number of hydrogen-bond acceptors (Lipinski definition) is 4. The van der Waals surface area contributed by atoms with Crippen LogP contribution in [0.3, 0.4) is 0 Å². The fraction of sp³-hybridized carbons (Fsp3) is 0.706. The van der Waals surface area contributed by atoms with Gasteiger partial charge in [-0.3, -0.25) is 19.2 Å². The number of nitrogens with one attached hydrogen (secondary N) is 1. The van der Waals surface area contributed by atoms with Crippen molar-refractivity contribution in [3.05, 3.63) is 12.4 Å². The average molecular weight is 333 g/mol. The monoisotopic (exact) mass is 333 g/mol. The summed E-state index contributed by atoms with van der Waals surface area (Å²) in [5.41, 5.74) is 0.652. The standard InChI is InChI=1S/C17H27N5O2/c1-14-6-2-3-9-21(14)12-16(23)19-15-10-18-22(11-15)13-17(24)20-7-4-5-8-20/h10-11,14H,2-9,12-13H2,1H3,(H,19,23). The number of nitrogens with zero attached hydrogens (tertiary/aromatic N) is 4. The second kappa shape index (κ2) is 7.79. The van der Waals surface area contributed by atoms with Crippen LogP contribution >= 0.6 is 0 Å². The Balaban J connectivity index is 1.48. The van der Waals surface area contributed by atoms with E-state index in [2.05, 4.69) is 22.2 Å². The van der Waals surface area contributed by atoms with Gasteiger partial charge in [0.2, 0.25) is 11.8 Å². The lowest BCUT2D eigenvalue weighted by atomic mass is 10.0. The smallest absolute Gasteiger partial charge is 0.244 e. The van der Waals surface area contributed by atoms with Crippen LogP contribution in [0.2, 0.25) is 0 Å². The number of likely N-dealkylation sites (tertiary alicyclic amines) is 2. The van der Waals surface area contributed by atoms with Gasteiger partial charge in [0.1, 0.15) is 6.54 Å². The van der Waals surface area contributed by atoms with Crippen LogP contribution in [0.15, 0.2) is 12.4 Å². The first kappa shape index (κ1) is 17.0. The summed E-state index contributed by atoms with van der Waals surface area (Å²) in [6, 6.07) is 0.463. The highest BCUT2D eigenvalue weighted by Gasteiger charge is 2.21. The molecule has 24 heavy (non-hydrogen) atoms. The molecule has 0 spiro atoms. The largest absolute Gasteiger partial charge is 0.341 e. The summed E-state index contributed by atoms with van der Waals surface area (Å²) in [4.78, 5) is 28.4. The van der Waals surface area contributed by atoms with E-state index < -0.39 is 0 Å². The van der Waals surface area contributed by atoms with Gasteiger partial charge in [0.15, 0.2) is 0 Å². The number of piperidine rings is 1. The third kappa shape index (κ3) is 4.35. The molecule has 0 saturated carbocycles. The summed E-state index contributed by atoms with van der Waals surface area (Å²) in [6.45, 7) is 5.50. The molecule has 0 aliphatic carbocycles. The number of anilines is 1. The normalized spacial score (nSPS) is 21.9. The summed E-state index contributed by atoms with van der Waals surface area (Å²) in [5.74, 6) is 0.0739. The molecular formula is C17H27N5O2. The molecule has 7 nitrogen and oxygen atoms in total. The van der Waals surface area contributed by atoms with Crippen LogP contribution in [0.4, 0.5) is 5.69 Å². The fourth-order valence-corrected chi connectivity index (χ4v) is 3.50. The molecule has 1 aromatic heterocycles. The fourth-order valence-electron chi connectivity index (χ4n) is 3.50. The summed E-state index contributed by atoms with van der Waals surface area (Å²) < 4.78 is 1.60. The Kier molecular flexibility index (Phi) is 5.50. The molecule has 3 rings (SSSR count). The molecule has 0 bridgehead atoms. The van der Waals surface area contributed by atoms with Gasteiger partial charge >= 0.3 is 0 Å². The van der Waals surface area contributed by atoms with Gasteiger partial charge in [-0.2, -0.15) is 5.10 Å². The number of hydrogen-bond donors (Lipinski definition) is 1. The van der Waals surface area contributed by atoms with Crippen molar-refractivity contribution in [3.8, 4) is 0 Å². The second-order valence-electron chi connectivity index (χ2n) is 6.88. The predicted octanol–water partition coefficient (Wildman–Crippen LogP) is 1.32. The first-order chi connectivity index (χ1) is 11.6. The first-order valence-corrected chi connectivity index (χ1v) is 8.96. The summed E-state index contributed by atoms with van der Waals surface area (Å²) >= 11 is 0. The van der Waals surface area contributed by atoms with E-state index in [-0.39, 0.29) is 18.4 Å². The van der Waals surface area contributed by atoms with E-state index in [1.54, 1.807) is 17.1 Å². The van der Waals surface area contributed by atoms with Crippen molar-refractivity contribution >= 4 is 17.5 Å². The summed E-state index contributed by atoms with van der Waals surface area (Å²) in [6.07, 6.45) is 9.07. The van der Waals surface area contributed by atoms with Crippen molar-refractivity contribution in [2.24, 2.45) is 0 Å². The van der Waals surface area contributed by atoms with Gasteiger partial charge in [-0.15, -0.1) is 0 Å². The summed E-state index contributed by atoms with van der Waals surface area (Å²) in [5, 5.41) is 7.07. The second-order valence-corrected chi connectivity index (χ2v) is 6.88. The number of amides is 2. The zero-order chi connectivity index (χ0) is 16.9. The lowest BCUT2D eigenvalue weighted by molar-refractivity contribution is -0.130. The van der Waals surface area contributed by atoms with E-state index in [0.29, 0.717) is 18.3 Å². The SMILES string of the molecule is CC1CCCCN1CC(=O)Nc1cnn(CC(=O)N2CCCC2)c1.